The van der Waals surface area contributed by atoms with Crippen molar-refractivity contribution >= 4 is 17.7 Å². The lowest BCUT2D eigenvalue weighted by molar-refractivity contribution is -0.139. The fourth-order valence-electron chi connectivity index (χ4n) is 2.00. The molecule has 0 spiro atoms. The molecule has 1 aromatic carbocycles. The molecule has 3 amide bonds. The first-order chi connectivity index (χ1) is 9.52. The molecule has 0 radical (unpaired) electrons. The van der Waals surface area contributed by atoms with Crippen LogP contribution in [-0.4, -0.2) is 41.8 Å². The van der Waals surface area contributed by atoms with E-state index in [-0.39, 0.29) is 37.1 Å². The van der Waals surface area contributed by atoms with Gasteiger partial charge in [-0.2, -0.15) is 0 Å². The SMILES string of the molecule is CON(C)C(=O)c1ccc(CN2C(=O)CCC2=O)cc1. The van der Waals surface area contributed by atoms with Gasteiger partial charge in [-0.1, -0.05) is 12.1 Å². The number of likely N-dealkylation sites (tertiary alicyclic amines) is 1. The van der Waals surface area contributed by atoms with E-state index >= 15 is 0 Å². The Morgan fingerprint density at radius 2 is 1.75 bits per heavy atom. The van der Waals surface area contributed by atoms with Crippen LogP contribution in [0.5, 0.6) is 0 Å². The fraction of sp³-hybridized carbons (Fsp3) is 0.357. The summed E-state index contributed by atoms with van der Waals surface area (Å²) in [5.74, 6) is -0.545. The lowest BCUT2D eigenvalue weighted by atomic mass is 10.1. The van der Waals surface area contributed by atoms with Gasteiger partial charge in [0.1, 0.15) is 0 Å². The summed E-state index contributed by atoms with van der Waals surface area (Å²) in [4.78, 5) is 40.9. The molecule has 106 valence electrons. The summed E-state index contributed by atoms with van der Waals surface area (Å²) in [7, 11) is 2.94. The number of carbonyl (C=O) groups excluding carboxylic acids is 3. The molecule has 0 atom stereocenters. The minimum atomic E-state index is -0.257. The van der Waals surface area contributed by atoms with Crippen molar-refractivity contribution in [3.8, 4) is 0 Å². The summed E-state index contributed by atoms with van der Waals surface area (Å²) in [6.45, 7) is 0.256. The van der Waals surface area contributed by atoms with Crippen molar-refractivity contribution < 1.29 is 19.2 Å². The summed E-state index contributed by atoms with van der Waals surface area (Å²) in [5.41, 5.74) is 1.29. The van der Waals surface area contributed by atoms with Gasteiger partial charge >= 0.3 is 0 Å². The third-order valence-electron chi connectivity index (χ3n) is 3.26. The Hall–Kier alpha value is -2.21. The Bertz CT molecular complexity index is 523. The zero-order valence-electron chi connectivity index (χ0n) is 11.5. The van der Waals surface area contributed by atoms with E-state index in [9.17, 15) is 14.4 Å². The quantitative estimate of drug-likeness (QED) is 0.607. The number of hydroxylamine groups is 2. The minimum Gasteiger partial charge on any atom is -0.278 e. The molecule has 0 unspecified atom stereocenters. The van der Waals surface area contributed by atoms with Gasteiger partial charge in [0.05, 0.1) is 13.7 Å². The largest absolute Gasteiger partial charge is 0.278 e. The van der Waals surface area contributed by atoms with Crippen molar-refractivity contribution in [3.05, 3.63) is 35.4 Å². The second kappa shape index (κ2) is 5.83. The zero-order valence-corrected chi connectivity index (χ0v) is 11.5. The average molecular weight is 276 g/mol. The van der Waals surface area contributed by atoms with Gasteiger partial charge in [-0.05, 0) is 17.7 Å². The van der Waals surface area contributed by atoms with Crippen molar-refractivity contribution in [3.63, 3.8) is 0 Å². The Morgan fingerprint density at radius 3 is 2.25 bits per heavy atom. The Kier molecular flexibility index (Phi) is 4.14. The summed E-state index contributed by atoms with van der Waals surface area (Å²) in [5, 5.41) is 1.13. The molecular weight excluding hydrogens is 260 g/mol. The Morgan fingerprint density at radius 1 is 1.20 bits per heavy atom. The first-order valence-electron chi connectivity index (χ1n) is 6.27. The van der Waals surface area contributed by atoms with Gasteiger partial charge in [0.25, 0.3) is 5.91 Å². The standard InChI is InChI=1S/C14H16N2O4/c1-15(20-2)14(19)11-5-3-10(4-6-11)9-16-12(17)7-8-13(16)18/h3-6H,7-9H2,1-2H3. The van der Waals surface area contributed by atoms with Crippen LogP contribution < -0.4 is 0 Å². The lowest BCUT2D eigenvalue weighted by Crippen LogP contribution is -2.28. The van der Waals surface area contributed by atoms with E-state index in [1.807, 2.05) is 0 Å². The van der Waals surface area contributed by atoms with Crippen molar-refractivity contribution in [1.29, 1.82) is 0 Å². The Labute approximate surface area is 116 Å². The Balaban J connectivity index is 2.07. The van der Waals surface area contributed by atoms with Crippen LogP contribution in [-0.2, 0) is 21.0 Å². The normalized spacial score (nSPS) is 14.8. The molecule has 0 N–H and O–H groups in total. The van der Waals surface area contributed by atoms with E-state index in [1.165, 1.54) is 19.1 Å². The van der Waals surface area contributed by atoms with Crippen LogP contribution in [0.25, 0.3) is 0 Å². The van der Waals surface area contributed by atoms with Crippen LogP contribution in [0.15, 0.2) is 24.3 Å². The number of carbonyl (C=O) groups is 3. The van der Waals surface area contributed by atoms with Gasteiger partial charge in [-0.15, -0.1) is 0 Å². The van der Waals surface area contributed by atoms with Crippen LogP contribution in [0.3, 0.4) is 0 Å². The fourth-order valence-corrected chi connectivity index (χ4v) is 2.00. The van der Waals surface area contributed by atoms with Gasteiger partial charge in [0, 0.05) is 25.5 Å². The maximum atomic E-state index is 11.8. The van der Waals surface area contributed by atoms with E-state index in [1.54, 1.807) is 24.3 Å². The van der Waals surface area contributed by atoms with E-state index < -0.39 is 0 Å². The highest BCUT2D eigenvalue weighted by atomic mass is 16.7. The molecule has 6 nitrogen and oxygen atoms in total. The third kappa shape index (κ3) is 2.85. The molecule has 0 saturated carbocycles. The van der Waals surface area contributed by atoms with Crippen LogP contribution in [0.4, 0.5) is 0 Å². The van der Waals surface area contributed by atoms with E-state index in [0.29, 0.717) is 5.56 Å². The van der Waals surface area contributed by atoms with Crippen LogP contribution in [0, 0.1) is 0 Å². The highest BCUT2D eigenvalue weighted by Gasteiger charge is 2.28. The summed E-state index contributed by atoms with van der Waals surface area (Å²) < 4.78 is 0. The molecule has 1 aromatic rings. The number of hydrogen-bond donors (Lipinski definition) is 0. The molecule has 6 heteroatoms. The zero-order chi connectivity index (χ0) is 14.7. The van der Waals surface area contributed by atoms with Crippen LogP contribution in [0.2, 0.25) is 0 Å². The third-order valence-corrected chi connectivity index (χ3v) is 3.26. The summed E-state index contributed by atoms with van der Waals surface area (Å²) >= 11 is 0. The van der Waals surface area contributed by atoms with Crippen molar-refractivity contribution in [1.82, 2.24) is 9.96 Å². The molecule has 0 aliphatic carbocycles. The predicted octanol–water partition coefficient (Wildman–Crippen LogP) is 0.969. The number of hydrogen-bond acceptors (Lipinski definition) is 4. The van der Waals surface area contributed by atoms with E-state index in [2.05, 4.69) is 0 Å². The van der Waals surface area contributed by atoms with E-state index in [4.69, 9.17) is 4.84 Å². The van der Waals surface area contributed by atoms with Gasteiger partial charge in [0.2, 0.25) is 11.8 Å². The van der Waals surface area contributed by atoms with Crippen molar-refractivity contribution in [2.75, 3.05) is 14.2 Å². The number of amides is 3. The molecule has 0 aromatic heterocycles. The van der Waals surface area contributed by atoms with Gasteiger partial charge in [-0.3, -0.25) is 24.1 Å². The first-order valence-corrected chi connectivity index (χ1v) is 6.27. The number of rotatable bonds is 4. The lowest BCUT2D eigenvalue weighted by Gasteiger charge is -2.15. The molecule has 1 aliphatic rings. The van der Waals surface area contributed by atoms with Crippen molar-refractivity contribution in [2.45, 2.75) is 19.4 Å². The molecule has 2 rings (SSSR count). The second-order valence-electron chi connectivity index (χ2n) is 4.56. The predicted molar refractivity (Wildman–Crippen MR) is 70.3 cm³/mol. The molecule has 1 fully saturated rings. The molecule has 1 heterocycles. The number of nitrogens with zero attached hydrogens (tertiary/aromatic N) is 2. The van der Waals surface area contributed by atoms with Crippen LogP contribution in [0.1, 0.15) is 28.8 Å². The summed E-state index contributed by atoms with van der Waals surface area (Å²) in [6, 6.07) is 6.77. The maximum absolute atomic E-state index is 11.8. The van der Waals surface area contributed by atoms with Gasteiger partial charge < -0.3 is 0 Å². The summed E-state index contributed by atoms with van der Waals surface area (Å²) in [6.07, 6.45) is 0.572. The topological polar surface area (TPSA) is 66.9 Å². The average Bonchev–Trinajstić information content (AvgIpc) is 2.78. The van der Waals surface area contributed by atoms with Crippen LogP contribution >= 0.6 is 0 Å². The van der Waals surface area contributed by atoms with E-state index in [0.717, 1.165) is 10.6 Å². The van der Waals surface area contributed by atoms with Gasteiger partial charge in [0.15, 0.2) is 0 Å². The molecule has 20 heavy (non-hydrogen) atoms. The molecule has 1 saturated heterocycles. The second-order valence-corrected chi connectivity index (χ2v) is 4.56. The highest BCUT2D eigenvalue weighted by Crippen LogP contribution is 2.16. The first kappa shape index (κ1) is 14.2. The minimum absolute atomic E-state index is 0.144. The van der Waals surface area contributed by atoms with Gasteiger partial charge in [-0.25, -0.2) is 5.06 Å². The monoisotopic (exact) mass is 276 g/mol. The number of benzene rings is 1. The highest BCUT2D eigenvalue weighted by molar-refractivity contribution is 6.01. The maximum Gasteiger partial charge on any atom is 0.277 e. The number of imide groups is 1. The molecule has 0 bridgehead atoms. The molecule has 1 aliphatic heterocycles. The van der Waals surface area contributed by atoms with Crippen molar-refractivity contribution in [2.24, 2.45) is 0 Å². The smallest absolute Gasteiger partial charge is 0.277 e. The molecular formula is C14H16N2O4.